The molecule has 0 fully saturated rings. The highest BCUT2D eigenvalue weighted by molar-refractivity contribution is 6.30. The Balaban J connectivity index is 1.82. The topological polar surface area (TPSA) is 110 Å². The Kier molecular flexibility index (Phi) is 5.60. The summed E-state index contributed by atoms with van der Waals surface area (Å²) in [6, 6.07) is 8.83. The van der Waals surface area contributed by atoms with E-state index in [1.165, 1.54) is 10.9 Å². The molecule has 1 amide bonds. The van der Waals surface area contributed by atoms with Gasteiger partial charge in [-0.15, -0.1) is 0 Å². The molecule has 4 rings (SSSR count). The van der Waals surface area contributed by atoms with Crippen molar-refractivity contribution in [2.45, 2.75) is 33.6 Å². The van der Waals surface area contributed by atoms with E-state index in [0.29, 0.717) is 33.3 Å². The van der Waals surface area contributed by atoms with Crippen LogP contribution >= 0.6 is 11.6 Å². The van der Waals surface area contributed by atoms with Crippen LogP contribution in [0, 0.1) is 12.8 Å². The Morgan fingerprint density at radius 2 is 2.00 bits per heavy atom. The molecule has 10 heteroatoms. The summed E-state index contributed by atoms with van der Waals surface area (Å²) in [6.45, 7) is 5.75. The molecule has 0 unspecified atom stereocenters. The minimum atomic E-state index is -0.362. The first-order valence-corrected chi connectivity index (χ1v) is 10.4. The van der Waals surface area contributed by atoms with E-state index in [9.17, 15) is 9.59 Å². The highest BCUT2D eigenvalue weighted by Gasteiger charge is 2.19. The first-order valence-electron chi connectivity index (χ1n) is 10.0. The normalized spacial score (nSPS) is 11.4. The number of anilines is 1. The number of aromatic nitrogens is 6. The van der Waals surface area contributed by atoms with E-state index >= 15 is 0 Å². The van der Waals surface area contributed by atoms with Gasteiger partial charge in [0.1, 0.15) is 11.2 Å². The summed E-state index contributed by atoms with van der Waals surface area (Å²) in [5.74, 6) is 0.404. The lowest BCUT2D eigenvalue weighted by atomic mass is 10.0. The number of benzene rings is 1. The number of carbonyl (C=O) groups is 1. The quantitative estimate of drug-likeness (QED) is 0.476. The summed E-state index contributed by atoms with van der Waals surface area (Å²) in [5.41, 5.74) is 1.33. The highest BCUT2D eigenvalue weighted by Crippen LogP contribution is 2.20. The monoisotopic (exact) mass is 439 g/mol. The molecule has 0 aliphatic carbocycles. The summed E-state index contributed by atoms with van der Waals surface area (Å²) < 4.78 is 2.96. The zero-order chi connectivity index (χ0) is 22.1. The van der Waals surface area contributed by atoms with Crippen LogP contribution in [-0.2, 0) is 4.79 Å². The van der Waals surface area contributed by atoms with Crippen LogP contribution in [0.2, 0.25) is 5.02 Å². The third-order valence-corrected chi connectivity index (χ3v) is 5.35. The molecule has 0 radical (unpaired) electrons. The van der Waals surface area contributed by atoms with Crippen LogP contribution in [0.5, 0.6) is 0 Å². The minimum Gasteiger partial charge on any atom is -0.310 e. The average molecular weight is 440 g/mol. The third-order valence-electron chi connectivity index (χ3n) is 5.12. The lowest BCUT2D eigenvalue weighted by Crippen LogP contribution is -2.24. The van der Waals surface area contributed by atoms with Gasteiger partial charge >= 0.3 is 0 Å². The van der Waals surface area contributed by atoms with Gasteiger partial charge < -0.3 is 5.32 Å². The van der Waals surface area contributed by atoms with Crippen molar-refractivity contribution in [2.24, 2.45) is 5.92 Å². The maximum atomic E-state index is 12.7. The number of aromatic amines is 1. The molecule has 3 heterocycles. The van der Waals surface area contributed by atoms with Gasteiger partial charge in [0.15, 0.2) is 5.65 Å². The molecule has 0 atom stereocenters. The molecule has 0 aliphatic heterocycles. The van der Waals surface area contributed by atoms with Gasteiger partial charge in [0.25, 0.3) is 5.56 Å². The van der Waals surface area contributed by atoms with Crippen LogP contribution < -0.4 is 10.9 Å². The fourth-order valence-electron chi connectivity index (χ4n) is 3.44. The Hall–Kier alpha value is -3.46. The highest BCUT2D eigenvalue weighted by atomic mass is 35.5. The average Bonchev–Trinajstić information content (AvgIpc) is 3.32. The number of carbonyl (C=O) groups excluding carboxylic acids is 1. The molecule has 31 heavy (non-hydrogen) atoms. The number of halogens is 1. The van der Waals surface area contributed by atoms with Gasteiger partial charge in [-0.25, -0.2) is 4.68 Å². The van der Waals surface area contributed by atoms with Crippen LogP contribution in [0.4, 0.5) is 5.82 Å². The predicted octanol–water partition coefficient (Wildman–Crippen LogP) is 3.63. The lowest BCUT2D eigenvalue weighted by Gasteiger charge is -2.13. The molecule has 160 valence electrons. The molecule has 0 saturated carbocycles. The number of nitrogens with one attached hydrogen (secondary N) is 2. The minimum absolute atomic E-state index is 0.0986. The third kappa shape index (κ3) is 3.96. The fraction of sp³-hybridized carbons (Fsp3) is 0.286. The predicted molar refractivity (Wildman–Crippen MR) is 119 cm³/mol. The van der Waals surface area contributed by atoms with Crippen LogP contribution in [0.25, 0.3) is 22.7 Å². The Morgan fingerprint density at radius 1 is 1.23 bits per heavy atom. The number of amides is 1. The summed E-state index contributed by atoms with van der Waals surface area (Å²) in [7, 11) is 0. The number of nitrogens with zero attached hydrogens (tertiary/aromatic N) is 5. The standard InChI is InChI=1S/C21H22ClN7O2/c1-4-13(5-2)19(30)24-17-9-12(3)27-29(17)21-25-18-16(20(31)26-21)11-23-28(18)15-8-6-7-14(22)10-15/h6-11,13H,4-5H2,1-3H3,(H,24,30)(H,25,26,31). The SMILES string of the molecule is CCC(CC)C(=O)Nc1cc(C)nn1-c1nc2c(cnn2-c2cccc(Cl)c2)c(=O)[nH]1. The number of hydrogen-bond acceptors (Lipinski definition) is 5. The number of aryl methyl sites for hydroxylation is 1. The lowest BCUT2D eigenvalue weighted by molar-refractivity contribution is -0.120. The molecule has 9 nitrogen and oxygen atoms in total. The number of hydrogen-bond donors (Lipinski definition) is 2. The molecule has 2 N–H and O–H groups in total. The van der Waals surface area contributed by atoms with Crippen LogP contribution in [0.1, 0.15) is 32.4 Å². The van der Waals surface area contributed by atoms with Crippen molar-refractivity contribution >= 4 is 34.4 Å². The van der Waals surface area contributed by atoms with Gasteiger partial charge in [-0.05, 0) is 38.0 Å². The molecule has 4 aromatic rings. The second-order valence-electron chi connectivity index (χ2n) is 7.25. The van der Waals surface area contributed by atoms with Gasteiger partial charge in [-0.3, -0.25) is 14.6 Å². The van der Waals surface area contributed by atoms with E-state index in [-0.39, 0.29) is 23.3 Å². The largest absolute Gasteiger partial charge is 0.310 e. The van der Waals surface area contributed by atoms with Crippen LogP contribution in [0.3, 0.4) is 0 Å². The Morgan fingerprint density at radius 3 is 2.71 bits per heavy atom. The molecular formula is C21H22ClN7O2. The number of rotatable bonds is 6. The fourth-order valence-corrected chi connectivity index (χ4v) is 3.63. The van der Waals surface area contributed by atoms with Crippen LogP contribution in [0.15, 0.2) is 41.3 Å². The molecule has 0 bridgehead atoms. The first kappa shape index (κ1) is 20.8. The van der Waals surface area contributed by atoms with Crippen LogP contribution in [-0.4, -0.2) is 35.4 Å². The van der Waals surface area contributed by atoms with Gasteiger partial charge in [0, 0.05) is 17.0 Å². The van der Waals surface area contributed by atoms with Gasteiger partial charge in [0.05, 0.1) is 17.6 Å². The number of fused-ring (bicyclic) bond motifs is 1. The first-order chi connectivity index (χ1) is 14.9. The van der Waals surface area contributed by atoms with E-state index in [2.05, 4.69) is 25.5 Å². The molecule has 0 saturated heterocycles. The van der Waals surface area contributed by atoms with E-state index in [1.54, 1.807) is 35.9 Å². The smallest absolute Gasteiger partial charge is 0.263 e. The molecule has 1 aromatic carbocycles. The molecule has 0 aliphatic rings. The second kappa shape index (κ2) is 8.35. The second-order valence-corrected chi connectivity index (χ2v) is 7.68. The van der Waals surface area contributed by atoms with E-state index < -0.39 is 0 Å². The van der Waals surface area contributed by atoms with Gasteiger partial charge in [-0.2, -0.15) is 19.9 Å². The maximum Gasteiger partial charge on any atom is 0.263 e. The van der Waals surface area contributed by atoms with Crippen molar-refractivity contribution in [3.05, 3.63) is 57.6 Å². The van der Waals surface area contributed by atoms with E-state index in [1.807, 2.05) is 19.9 Å². The summed E-state index contributed by atoms with van der Waals surface area (Å²) in [5, 5.41) is 12.5. The van der Waals surface area contributed by atoms with Crippen molar-refractivity contribution < 1.29 is 4.79 Å². The zero-order valence-electron chi connectivity index (χ0n) is 17.4. The van der Waals surface area contributed by atoms with Crippen molar-refractivity contribution in [3.8, 4) is 11.6 Å². The maximum absolute atomic E-state index is 12.7. The van der Waals surface area contributed by atoms with Gasteiger partial charge in [-0.1, -0.05) is 31.5 Å². The van der Waals surface area contributed by atoms with Gasteiger partial charge in [0.2, 0.25) is 11.9 Å². The Bertz CT molecular complexity index is 1320. The number of H-pyrrole nitrogens is 1. The van der Waals surface area contributed by atoms with E-state index in [4.69, 9.17) is 11.6 Å². The molecule has 3 aromatic heterocycles. The summed E-state index contributed by atoms with van der Waals surface area (Å²) in [6.07, 6.45) is 2.92. The van der Waals surface area contributed by atoms with Crippen molar-refractivity contribution in [1.82, 2.24) is 29.5 Å². The van der Waals surface area contributed by atoms with E-state index in [0.717, 1.165) is 12.8 Å². The summed E-state index contributed by atoms with van der Waals surface area (Å²) in [4.78, 5) is 32.6. The zero-order valence-corrected chi connectivity index (χ0v) is 18.1. The van der Waals surface area contributed by atoms with Crippen molar-refractivity contribution in [2.75, 3.05) is 5.32 Å². The molecule has 0 spiro atoms. The van der Waals surface area contributed by atoms with Crippen molar-refractivity contribution in [1.29, 1.82) is 0 Å². The Labute approximate surface area is 183 Å². The molecular weight excluding hydrogens is 418 g/mol. The van der Waals surface area contributed by atoms with Crippen molar-refractivity contribution in [3.63, 3.8) is 0 Å². The summed E-state index contributed by atoms with van der Waals surface area (Å²) >= 11 is 6.11.